The molecule has 158 valence electrons. The molecule has 1 saturated heterocycles. The number of esters is 1. The van der Waals surface area contributed by atoms with Crippen LogP contribution in [0.1, 0.15) is 53.6 Å². The molecule has 0 aromatic heterocycles. The van der Waals surface area contributed by atoms with Gasteiger partial charge < -0.3 is 15.0 Å². The van der Waals surface area contributed by atoms with Crippen LogP contribution in [0.5, 0.6) is 0 Å². The summed E-state index contributed by atoms with van der Waals surface area (Å²) in [6, 6.07) is 15.2. The Bertz CT molecular complexity index is 1100. The highest BCUT2D eigenvalue weighted by atomic mass is 16.6. The van der Waals surface area contributed by atoms with Gasteiger partial charge >= 0.3 is 5.97 Å². The Balaban J connectivity index is 1.20. The second-order valence-electron chi connectivity index (χ2n) is 9.33. The first-order valence-electron chi connectivity index (χ1n) is 11.0. The molecule has 2 saturated carbocycles. The van der Waals surface area contributed by atoms with Gasteiger partial charge in [-0.15, -0.1) is 0 Å². The summed E-state index contributed by atoms with van der Waals surface area (Å²) in [6.45, 7) is 0.990. The minimum absolute atomic E-state index is 0.0821. The molecule has 6 nitrogen and oxygen atoms in total. The van der Waals surface area contributed by atoms with Crippen molar-refractivity contribution >= 4 is 23.5 Å². The number of benzene rings is 2. The zero-order valence-electron chi connectivity index (χ0n) is 17.2. The SMILES string of the molecule is O=C1O[C@]2(CCN(C(=O)C3(c4ccc(NC(=O)C5CC5)cc4)CC3)C2)c2ccccc21. The minimum Gasteiger partial charge on any atom is -0.449 e. The van der Waals surface area contributed by atoms with E-state index in [2.05, 4.69) is 5.32 Å². The van der Waals surface area contributed by atoms with Gasteiger partial charge in [0.2, 0.25) is 11.8 Å². The number of hydrogen-bond acceptors (Lipinski definition) is 4. The third-order valence-electron chi connectivity index (χ3n) is 7.26. The fourth-order valence-electron chi connectivity index (χ4n) is 5.12. The number of hydrogen-bond donors (Lipinski definition) is 1. The van der Waals surface area contributed by atoms with Crippen LogP contribution in [0.15, 0.2) is 48.5 Å². The lowest BCUT2D eigenvalue weighted by molar-refractivity contribution is -0.134. The second-order valence-corrected chi connectivity index (χ2v) is 9.33. The van der Waals surface area contributed by atoms with Crippen LogP contribution in [0.2, 0.25) is 0 Å². The summed E-state index contributed by atoms with van der Waals surface area (Å²) in [4.78, 5) is 39.7. The van der Waals surface area contributed by atoms with Crippen molar-refractivity contribution in [3.05, 3.63) is 65.2 Å². The molecule has 2 aromatic carbocycles. The normalized spacial score (nSPS) is 25.3. The van der Waals surface area contributed by atoms with Gasteiger partial charge in [-0.1, -0.05) is 30.3 Å². The molecule has 31 heavy (non-hydrogen) atoms. The maximum atomic E-state index is 13.5. The highest BCUT2D eigenvalue weighted by Gasteiger charge is 2.57. The first-order chi connectivity index (χ1) is 15.0. The van der Waals surface area contributed by atoms with Crippen molar-refractivity contribution in [3.63, 3.8) is 0 Å². The summed E-state index contributed by atoms with van der Waals surface area (Å²) >= 11 is 0. The number of rotatable bonds is 4. The van der Waals surface area contributed by atoms with E-state index in [1.807, 2.05) is 47.4 Å². The molecule has 1 N–H and O–H groups in total. The number of nitrogens with one attached hydrogen (secondary N) is 1. The van der Waals surface area contributed by atoms with Gasteiger partial charge in [-0.3, -0.25) is 9.59 Å². The predicted molar refractivity (Wildman–Crippen MR) is 113 cm³/mol. The summed E-state index contributed by atoms with van der Waals surface area (Å²) in [5.74, 6) is 0.0569. The van der Waals surface area contributed by atoms with Crippen molar-refractivity contribution in [2.45, 2.75) is 43.1 Å². The van der Waals surface area contributed by atoms with Gasteiger partial charge in [-0.05, 0) is 49.4 Å². The van der Waals surface area contributed by atoms with Gasteiger partial charge in [-0.2, -0.15) is 0 Å². The molecule has 3 fully saturated rings. The van der Waals surface area contributed by atoms with E-state index in [4.69, 9.17) is 4.74 Å². The van der Waals surface area contributed by atoms with E-state index in [0.29, 0.717) is 25.1 Å². The number of nitrogens with zero attached hydrogens (tertiary/aromatic N) is 1. The number of ether oxygens (including phenoxy) is 1. The van der Waals surface area contributed by atoms with Crippen molar-refractivity contribution in [2.75, 3.05) is 18.4 Å². The highest BCUT2D eigenvalue weighted by molar-refractivity contribution is 5.96. The fraction of sp³-hybridized carbons (Fsp3) is 0.400. The molecule has 2 aromatic rings. The molecular weight excluding hydrogens is 392 g/mol. The lowest BCUT2D eigenvalue weighted by atomic mass is 9.91. The monoisotopic (exact) mass is 416 g/mol. The summed E-state index contributed by atoms with van der Waals surface area (Å²) in [6.07, 6.45) is 4.21. The van der Waals surface area contributed by atoms with E-state index >= 15 is 0 Å². The molecule has 0 bridgehead atoms. The molecule has 1 atom stereocenters. The third-order valence-corrected chi connectivity index (χ3v) is 7.26. The third kappa shape index (κ3) is 2.88. The van der Waals surface area contributed by atoms with Crippen LogP contribution in [-0.2, 0) is 25.3 Å². The van der Waals surface area contributed by atoms with Gasteiger partial charge in [0.15, 0.2) is 5.60 Å². The second kappa shape index (κ2) is 6.42. The van der Waals surface area contributed by atoms with Crippen LogP contribution < -0.4 is 5.32 Å². The van der Waals surface area contributed by atoms with Crippen molar-refractivity contribution in [1.29, 1.82) is 0 Å². The van der Waals surface area contributed by atoms with Gasteiger partial charge in [0.25, 0.3) is 0 Å². The summed E-state index contributed by atoms with van der Waals surface area (Å²) in [5, 5.41) is 2.95. The Kier molecular flexibility index (Phi) is 3.86. The Labute approximate surface area is 180 Å². The Morgan fingerprint density at radius 3 is 2.45 bits per heavy atom. The molecule has 6 rings (SSSR count). The number of amides is 2. The van der Waals surface area contributed by atoms with E-state index in [-0.39, 0.29) is 23.7 Å². The van der Waals surface area contributed by atoms with Crippen molar-refractivity contribution in [3.8, 4) is 0 Å². The Morgan fingerprint density at radius 2 is 1.74 bits per heavy atom. The number of fused-ring (bicyclic) bond motifs is 2. The zero-order valence-corrected chi connectivity index (χ0v) is 17.2. The number of anilines is 1. The quantitative estimate of drug-likeness (QED) is 0.776. The lowest BCUT2D eigenvalue weighted by Crippen LogP contribution is -2.40. The maximum Gasteiger partial charge on any atom is 0.339 e. The molecule has 6 heteroatoms. The number of carbonyl (C=O) groups is 3. The largest absolute Gasteiger partial charge is 0.449 e. The van der Waals surface area contributed by atoms with E-state index in [0.717, 1.165) is 42.5 Å². The Morgan fingerprint density at radius 1 is 1.00 bits per heavy atom. The van der Waals surface area contributed by atoms with E-state index in [1.165, 1.54) is 0 Å². The smallest absolute Gasteiger partial charge is 0.339 e. The standard InChI is InChI=1S/C25H24N2O4/c28-21(16-5-6-16)26-18-9-7-17(8-10-18)24(11-12-24)23(30)27-14-13-25(15-27)20-4-2-1-3-19(20)22(29)31-25/h1-4,7-10,16H,5-6,11-15H2,(H,26,28)/t25-/m0/s1. The maximum absolute atomic E-state index is 13.5. The molecule has 1 spiro atoms. The fourth-order valence-corrected chi connectivity index (χ4v) is 5.12. The van der Waals surface area contributed by atoms with Gasteiger partial charge in [0.05, 0.1) is 17.5 Å². The average molecular weight is 416 g/mol. The van der Waals surface area contributed by atoms with Crippen LogP contribution in [0.3, 0.4) is 0 Å². The molecule has 2 aliphatic carbocycles. The molecular formula is C25H24N2O4. The van der Waals surface area contributed by atoms with E-state index in [9.17, 15) is 14.4 Å². The van der Waals surface area contributed by atoms with Crippen molar-refractivity contribution < 1.29 is 19.1 Å². The summed E-state index contributed by atoms with van der Waals surface area (Å²) < 4.78 is 5.80. The van der Waals surface area contributed by atoms with Crippen LogP contribution in [0.25, 0.3) is 0 Å². The minimum atomic E-state index is -0.712. The van der Waals surface area contributed by atoms with Crippen LogP contribution >= 0.6 is 0 Å². The van der Waals surface area contributed by atoms with E-state index < -0.39 is 11.0 Å². The molecule has 2 aliphatic heterocycles. The average Bonchev–Trinajstić information content (AvgIpc) is 3.71. The molecule has 0 radical (unpaired) electrons. The summed E-state index contributed by atoms with van der Waals surface area (Å²) in [5.41, 5.74) is 2.08. The zero-order chi connectivity index (χ0) is 21.2. The molecule has 2 heterocycles. The number of likely N-dealkylation sites (tertiary alicyclic amines) is 1. The Hall–Kier alpha value is -3.15. The first kappa shape index (κ1) is 18.6. The van der Waals surface area contributed by atoms with Gasteiger partial charge in [0.1, 0.15) is 0 Å². The number of carbonyl (C=O) groups excluding carboxylic acids is 3. The van der Waals surface area contributed by atoms with E-state index in [1.54, 1.807) is 6.07 Å². The lowest BCUT2D eigenvalue weighted by Gasteiger charge is -2.27. The predicted octanol–water partition coefficient (Wildman–Crippen LogP) is 3.36. The molecule has 2 amide bonds. The first-order valence-corrected chi connectivity index (χ1v) is 11.0. The van der Waals surface area contributed by atoms with Crippen molar-refractivity contribution in [2.24, 2.45) is 5.92 Å². The van der Waals surface area contributed by atoms with Gasteiger partial charge in [0, 0.05) is 30.1 Å². The molecule has 4 aliphatic rings. The molecule has 0 unspecified atom stereocenters. The topological polar surface area (TPSA) is 75.7 Å². The van der Waals surface area contributed by atoms with Crippen molar-refractivity contribution in [1.82, 2.24) is 4.90 Å². The summed E-state index contributed by atoms with van der Waals surface area (Å²) in [7, 11) is 0. The van der Waals surface area contributed by atoms with Crippen LogP contribution in [-0.4, -0.2) is 35.8 Å². The van der Waals surface area contributed by atoms with Crippen LogP contribution in [0.4, 0.5) is 5.69 Å². The highest BCUT2D eigenvalue weighted by Crippen LogP contribution is 2.52. The van der Waals surface area contributed by atoms with Crippen LogP contribution in [0, 0.1) is 5.92 Å². The van der Waals surface area contributed by atoms with Gasteiger partial charge in [-0.25, -0.2) is 4.79 Å².